The van der Waals surface area contributed by atoms with Crippen LogP contribution in [0.1, 0.15) is 11.3 Å². The number of pyridine rings is 1. The standard InChI is InChI=1S/C21H22ClN7O6S4/c22-16-12(27-21(24)39-16)13(28-35)17(31)26-14-18(32)29-15(20(33)34)11(7-37-19(14)29)38-10-1-2-25-3-8(10)5-36-6-9(23)4-30/h1-3,9,14,19,30,35H,4-7,23H2,(H2,24,27)(H,26,31)(H,33,34)/b28-13-/t9?,14-,19+/m1/s1. The summed E-state index contributed by atoms with van der Waals surface area (Å²) in [6, 6.07) is 0.361. The number of fused-ring (bicyclic) bond motifs is 1. The predicted molar refractivity (Wildman–Crippen MR) is 151 cm³/mol. The summed E-state index contributed by atoms with van der Waals surface area (Å²) in [7, 11) is 0. The van der Waals surface area contributed by atoms with Crippen molar-refractivity contribution < 1.29 is 29.8 Å². The van der Waals surface area contributed by atoms with Crippen LogP contribution in [0.15, 0.2) is 39.1 Å². The van der Waals surface area contributed by atoms with E-state index < -0.39 is 34.9 Å². The first-order chi connectivity index (χ1) is 18.7. The van der Waals surface area contributed by atoms with Crippen LogP contribution in [0.4, 0.5) is 5.13 Å². The lowest BCUT2D eigenvalue weighted by molar-refractivity contribution is -0.150. The number of thioether (sulfide) groups is 3. The molecule has 8 N–H and O–H groups in total. The number of aromatic nitrogens is 2. The summed E-state index contributed by atoms with van der Waals surface area (Å²) in [4.78, 5) is 48.5. The van der Waals surface area contributed by atoms with Crippen molar-refractivity contribution in [2.24, 2.45) is 10.9 Å². The summed E-state index contributed by atoms with van der Waals surface area (Å²) in [5, 5.41) is 33.3. The first-order valence-electron chi connectivity index (χ1n) is 11.1. The Bertz CT molecular complexity index is 1360. The Morgan fingerprint density at radius 1 is 1.41 bits per heavy atom. The molecule has 208 valence electrons. The normalized spacial score (nSPS) is 19.9. The smallest absolute Gasteiger partial charge is 0.353 e. The summed E-state index contributed by atoms with van der Waals surface area (Å²) < 4.78 is 0.0342. The SMILES string of the molecule is Nc1nc(/C(=N/O)C(=O)N[C@@H]2C(=O)N3C(C(=O)O)=C(Sc4ccncc4CSCC(N)CO)CS[C@@H]23)c(Cl)s1. The molecule has 0 spiro atoms. The average Bonchev–Trinajstić information content (AvgIpc) is 3.25. The Morgan fingerprint density at radius 2 is 2.18 bits per heavy atom. The van der Waals surface area contributed by atoms with Gasteiger partial charge in [0.25, 0.3) is 11.8 Å². The molecule has 4 rings (SSSR count). The van der Waals surface area contributed by atoms with Crippen molar-refractivity contribution in [3.63, 3.8) is 0 Å². The highest BCUT2D eigenvalue weighted by Gasteiger charge is 2.54. The van der Waals surface area contributed by atoms with Crippen LogP contribution in [-0.2, 0) is 20.1 Å². The maximum absolute atomic E-state index is 13.0. The van der Waals surface area contributed by atoms with Crippen LogP contribution < -0.4 is 16.8 Å². The molecule has 2 amide bonds. The monoisotopic (exact) mass is 631 g/mol. The number of nitrogens with two attached hydrogens (primary N) is 2. The molecule has 1 unspecified atom stereocenters. The number of hydrogen-bond donors (Lipinski definition) is 6. The van der Waals surface area contributed by atoms with Crippen molar-refractivity contribution in [3.05, 3.63) is 44.7 Å². The molecule has 4 heterocycles. The highest BCUT2D eigenvalue weighted by Crippen LogP contribution is 2.46. The number of amides is 2. The molecule has 2 aromatic rings. The first-order valence-corrected chi connectivity index (χ1v) is 15.3. The molecule has 0 aliphatic carbocycles. The van der Waals surface area contributed by atoms with Crippen LogP contribution in [0, 0.1) is 0 Å². The van der Waals surface area contributed by atoms with Gasteiger partial charge in [0.1, 0.15) is 27.1 Å². The Morgan fingerprint density at radius 3 is 2.82 bits per heavy atom. The Labute approximate surface area is 243 Å². The highest BCUT2D eigenvalue weighted by molar-refractivity contribution is 8.06. The van der Waals surface area contributed by atoms with E-state index in [0.717, 1.165) is 26.7 Å². The van der Waals surface area contributed by atoms with E-state index in [4.69, 9.17) is 28.2 Å². The van der Waals surface area contributed by atoms with Gasteiger partial charge in [0.2, 0.25) is 0 Å². The number of aliphatic carboxylic acids is 1. The summed E-state index contributed by atoms with van der Waals surface area (Å²) in [5.74, 6) is -1.45. The van der Waals surface area contributed by atoms with Crippen LogP contribution in [-0.4, -0.2) is 89.4 Å². The van der Waals surface area contributed by atoms with E-state index in [9.17, 15) is 24.7 Å². The number of hydrogen-bond acceptors (Lipinski definition) is 14. The number of nitrogens with one attached hydrogen (secondary N) is 1. The second-order valence-electron chi connectivity index (χ2n) is 8.10. The first kappa shape index (κ1) is 29.4. The number of anilines is 1. The van der Waals surface area contributed by atoms with E-state index in [1.807, 2.05) is 0 Å². The minimum Gasteiger partial charge on any atom is -0.477 e. The van der Waals surface area contributed by atoms with Gasteiger partial charge in [-0.15, -0.1) is 11.8 Å². The second-order valence-corrected chi connectivity index (χ2v) is 13.0. The largest absolute Gasteiger partial charge is 0.477 e. The number of carboxylic acid groups (broad SMARTS) is 1. The number of nitrogens with zero attached hydrogens (tertiary/aromatic N) is 4. The molecule has 0 saturated carbocycles. The molecule has 1 fully saturated rings. The molecular formula is C21H22ClN7O6S4. The number of β-lactam (4-membered cyclic amide) rings is 1. The van der Waals surface area contributed by atoms with Crippen molar-refractivity contribution in [3.8, 4) is 0 Å². The Balaban J connectivity index is 1.50. The van der Waals surface area contributed by atoms with Crippen LogP contribution in [0.5, 0.6) is 0 Å². The van der Waals surface area contributed by atoms with Crippen molar-refractivity contribution >= 4 is 86.9 Å². The van der Waals surface area contributed by atoms with Gasteiger partial charge in [-0.05, 0) is 11.6 Å². The number of aliphatic hydroxyl groups excluding tert-OH is 1. The minimum atomic E-state index is -1.28. The highest BCUT2D eigenvalue weighted by atomic mass is 35.5. The molecule has 39 heavy (non-hydrogen) atoms. The second kappa shape index (κ2) is 12.8. The zero-order valence-electron chi connectivity index (χ0n) is 19.8. The number of thiazole rings is 1. The number of aliphatic hydroxyl groups is 1. The summed E-state index contributed by atoms with van der Waals surface area (Å²) in [6.07, 6.45) is 3.28. The van der Waals surface area contributed by atoms with Gasteiger partial charge < -0.3 is 32.2 Å². The third-order valence-electron chi connectivity index (χ3n) is 5.48. The molecule has 2 aliphatic rings. The van der Waals surface area contributed by atoms with Gasteiger partial charge in [-0.3, -0.25) is 19.5 Å². The van der Waals surface area contributed by atoms with E-state index in [-0.39, 0.29) is 39.3 Å². The topological polar surface area (TPSA) is 217 Å². The molecule has 2 aliphatic heterocycles. The van der Waals surface area contributed by atoms with E-state index in [1.54, 1.807) is 18.5 Å². The van der Waals surface area contributed by atoms with E-state index >= 15 is 0 Å². The lowest BCUT2D eigenvalue weighted by atomic mass is 10.0. The molecule has 3 atom stereocenters. The van der Waals surface area contributed by atoms with Gasteiger partial charge in [0, 0.05) is 45.5 Å². The minimum absolute atomic E-state index is 0.0342. The van der Waals surface area contributed by atoms with Gasteiger partial charge >= 0.3 is 5.97 Å². The molecule has 0 radical (unpaired) electrons. The maximum atomic E-state index is 13.0. The number of carboxylic acids is 1. The lowest BCUT2D eigenvalue weighted by Gasteiger charge is -2.49. The van der Waals surface area contributed by atoms with Gasteiger partial charge in [-0.1, -0.05) is 39.9 Å². The van der Waals surface area contributed by atoms with Crippen LogP contribution in [0.3, 0.4) is 0 Å². The molecule has 13 nitrogen and oxygen atoms in total. The molecule has 0 bridgehead atoms. The van der Waals surface area contributed by atoms with Gasteiger partial charge in [-0.2, -0.15) is 11.8 Å². The quantitative estimate of drug-likeness (QED) is 0.0883. The Kier molecular flexibility index (Phi) is 9.63. The predicted octanol–water partition coefficient (Wildman–Crippen LogP) is 0.993. The maximum Gasteiger partial charge on any atom is 0.353 e. The van der Waals surface area contributed by atoms with E-state index in [2.05, 4.69) is 20.4 Å². The van der Waals surface area contributed by atoms with Crippen LogP contribution in [0.2, 0.25) is 4.34 Å². The zero-order chi connectivity index (χ0) is 28.3. The third-order valence-corrected chi connectivity index (χ3v) is 10.4. The third kappa shape index (κ3) is 6.29. The molecule has 18 heteroatoms. The van der Waals surface area contributed by atoms with E-state index in [0.29, 0.717) is 16.4 Å². The summed E-state index contributed by atoms with van der Waals surface area (Å²) in [6.45, 7) is -0.123. The molecule has 0 aromatic carbocycles. The fourth-order valence-corrected chi connectivity index (χ4v) is 8.23. The van der Waals surface area contributed by atoms with Crippen molar-refractivity contribution in [1.82, 2.24) is 20.2 Å². The zero-order valence-corrected chi connectivity index (χ0v) is 23.8. The van der Waals surface area contributed by atoms with Crippen molar-refractivity contribution in [2.45, 2.75) is 28.1 Å². The number of rotatable bonds is 11. The van der Waals surface area contributed by atoms with Crippen LogP contribution in [0.25, 0.3) is 0 Å². The fourth-order valence-electron chi connectivity index (χ4n) is 3.67. The summed E-state index contributed by atoms with van der Waals surface area (Å²) >= 11 is 10.9. The van der Waals surface area contributed by atoms with Gasteiger partial charge in [0.05, 0.1) is 6.61 Å². The molecular weight excluding hydrogens is 610 g/mol. The van der Waals surface area contributed by atoms with Crippen molar-refractivity contribution in [2.75, 3.05) is 23.8 Å². The molecule has 2 aromatic heterocycles. The fraction of sp³-hybridized carbons (Fsp3) is 0.333. The number of carbonyl (C=O) groups is 3. The number of nitrogen functional groups attached to an aromatic ring is 1. The van der Waals surface area contributed by atoms with E-state index in [1.165, 1.54) is 35.3 Å². The summed E-state index contributed by atoms with van der Waals surface area (Å²) in [5.41, 5.74) is 11.4. The molecule has 1 saturated heterocycles. The average molecular weight is 632 g/mol. The van der Waals surface area contributed by atoms with Gasteiger partial charge in [0.15, 0.2) is 10.8 Å². The number of oxime groups is 1. The van der Waals surface area contributed by atoms with Crippen LogP contribution >= 0.6 is 58.2 Å². The van der Waals surface area contributed by atoms with Gasteiger partial charge in [-0.25, -0.2) is 9.78 Å². The van der Waals surface area contributed by atoms with Crippen molar-refractivity contribution in [1.29, 1.82) is 0 Å². The number of carbonyl (C=O) groups excluding carboxylic acids is 2. The number of halogens is 1. The Hall–Kier alpha value is -2.54. The lowest BCUT2D eigenvalue weighted by Crippen LogP contribution is -2.71.